The fourth-order valence-electron chi connectivity index (χ4n) is 2.40. The third-order valence-corrected chi connectivity index (χ3v) is 3.52. The van der Waals surface area contributed by atoms with Crippen molar-refractivity contribution in [1.29, 1.82) is 0 Å². The van der Waals surface area contributed by atoms with Crippen LogP contribution in [0.15, 0.2) is 73.1 Å². The summed E-state index contributed by atoms with van der Waals surface area (Å²) in [4.78, 5) is 4.09. The van der Waals surface area contributed by atoms with Crippen LogP contribution in [0, 0.1) is 0 Å². The minimum Gasteiger partial charge on any atom is -0.265 e. The maximum absolute atomic E-state index is 4.09. The first kappa shape index (κ1) is 12.6. The molecule has 3 rings (SSSR count). The van der Waals surface area contributed by atoms with Gasteiger partial charge in [-0.2, -0.15) is 0 Å². The number of aryl methyl sites for hydroxylation is 1. The molecule has 1 heteroatoms. The predicted molar refractivity (Wildman–Crippen MR) is 84.5 cm³/mol. The fraction of sp³-hybridized carbons (Fsp3) is 0.105. The van der Waals surface area contributed by atoms with Crippen molar-refractivity contribution in [3.63, 3.8) is 0 Å². The summed E-state index contributed by atoms with van der Waals surface area (Å²) in [5, 5.41) is 0. The number of nitrogens with zero attached hydrogens (tertiary/aromatic N) is 1. The molecule has 0 bridgehead atoms. The molecular weight excluding hydrogens is 242 g/mol. The molecule has 0 aliphatic carbocycles. The molecule has 0 saturated heterocycles. The Kier molecular flexibility index (Phi) is 3.60. The Morgan fingerprint density at radius 3 is 1.90 bits per heavy atom. The molecule has 1 aromatic heterocycles. The van der Waals surface area contributed by atoms with Gasteiger partial charge in [-0.25, -0.2) is 0 Å². The van der Waals surface area contributed by atoms with Gasteiger partial charge in [0.1, 0.15) is 0 Å². The molecule has 2 aromatic carbocycles. The highest BCUT2D eigenvalue weighted by Crippen LogP contribution is 2.28. The number of aromatic nitrogens is 1. The molecule has 0 amide bonds. The van der Waals surface area contributed by atoms with Crippen LogP contribution in [0.2, 0.25) is 0 Å². The quantitative estimate of drug-likeness (QED) is 0.646. The van der Waals surface area contributed by atoms with Crippen LogP contribution in [0.3, 0.4) is 0 Å². The molecule has 20 heavy (non-hydrogen) atoms. The highest BCUT2D eigenvalue weighted by molar-refractivity contribution is 5.74. The van der Waals surface area contributed by atoms with Gasteiger partial charge in [0.25, 0.3) is 0 Å². The van der Waals surface area contributed by atoms with Crippen LogP contribution < -0.4 is 0 Å². The third kappa shape index (κ3) is 2.62. The van der Waals surface area contributed by atoms with Crippen LogP contribution in [0.4, 0.5) is 0 Å². The summed E-state index contributed by atoms with van der Waals surface area (Å²) in [6, 6.07) is 21.5. The lowest BCUT2D eigenvalue weighted by Gasteiger charge is -2.09. The summed E-state index contributed by atoms with van der Waals surface area (Å²) in [6.45, 7) is 2.19. The molecule has 0 aliphatic heterocycles. The molecule has 0 atom stereocenters. The van der Waals surface area contributed by atoms with Crippen molar-refractivity contribution in [2.45, 2.75) is 13.3 Å². The standard InChI is InChI=1S/C19H17N/c1-2-15-12-18(16-6-4-3-5-7-16)14-19(13-15)17-8-10-20-11-9-17/h3-14H,2H2,1H3. The highest BCUT2D eigenvalue weighted by atomic mass is 14.6. The molecular formula is C19H17N. The minimum atomic E-state index is 1.04. The van der Waals surface area contributed by atoms with Crippen molar-refractivity contribution in [1.82, 2.24) is 4.98 Å². The predicted octanol–water partition coefficient (Wildman–Crippen LogP) is 4.98. The van der Waals surface area contributed by atoms with Gasteiger partial charge in [0.15, 0.2) is 0 Å². The molecule has 0 unspecified atom stereocenters. The van der Waals surface area contributed by atoms with Crippen molar-refractivity contribution >= 4 is 0 Å². The van der Waals surface area contributed by atoms with Crippen LogP contribution >= 0.6 is 0 Å². The smallest absolute Gasteiger partial charge is 0.0273 e. The topological polar surface area (TPSA) is 12.9 Å². The summed E-state index contributed by atoms with van der Waals surface area (Å²) in [7, 11) is 0. The van der Waals surface area contributed by atoms with E-state index in [4.69, 9.17) is 0 Å². The van der Waals surface area contributed by atoms with Gasteiger partial charge in [0.05, 0.1) is 0 Å². The van der Waals surface area contributed by atoms with E-state index in [1.807, 2.05) is 12.4 Å². The van der Waals surface area contributed by atoms with Crippen molar-refractivity contribution in [3.8, 4) is 22.3 Å². The normalized spacial score (nSPS) is 10.4. The van der Waals surface area contributed by atoms with E-state index in [2.05, 4.69) is 72.6 Å². The Morgan fingerprint density at radius 1 is 0.700 bits per heavy atom. The van der Waals surface area contributed by atoms with Crippen LogP contribution in [0.1, 0.15) is 12.5 Å². The van der Waals surface area contributed by atoms with E-state index in [1.54, 1.807) is 0 Å². The van der Waals surface area contributed by atoms with E-state index in [9.17, 15) is 0 Å². The molecule has 1 heterocycles. The molecule has 0 aliphatic rings. The minimum absolute atomic E-state index is 1.04. The zero-order chi connectivity index (χ0) is 13.8. The average molecular weight is 259 g/mol. The Bertz CT molecular complexity index is 630. The van der Waals surface area contributed by atoms with Gasteiger partial charge in [-0.1, -0.05) is 49.4 Å². The van der Waals surface area contributed by atoms with Gasteiger partial charge < -0.3 is 0 Å². The van der Waals surface area contributed by atoms with Gasteiger partial charge in [0.2, 0.25) is 0 Å². The molecule has 0 saturated carbocycles. The second-order valence-corrected chi connectivity index (χ2v) is 4.87. The van der Waals surface area contributed by atoms with Gasteiger partial charge in [-0.05, 0) is 52.4 Å². The van der Waals surface area contributed by atoms with E-state index in [1.165, 1.54) is 27.8 Å². The number of hydrogen-bond donors (Lipinski definition) is 0. The molecule has 0 fully saturated rings. The lowest BCUT2D eigenvalue weighted by atomic mass is 9.96. The van der Waals surface area contributed by atoms with E-state index in [-0.39, 0.29) is 0 Å². The Hall–Kier alpha value is -2.41. The van der Waals surface area contributed by atoms with Gasteiger partial charge in [0, 0.05) is 12.4 Å². The Balaban J connectivity index is 2.13. The number of rotatable bonds is 3. The summed E-state index contributed by atoms with van der Waals surface area (Å²) in [5.41, 5.74) is 6.37. The number of hydrogen-bond acceptors (Lipinski definition) is 1. The van der Waals surface area contributed by atoms with Crippen LogP contribution in [0.25, 0.3) is 22.3 Å². The fourth-order valence-corrected chi connectivity index (χ4v) is 2.40. The van der Waals surface area contributed by atoms with Gasteiger partial charge >= 0.3 is 0 Å². The van der Waals surface area contributed by atoms with Gasteiger partial charge in [-0.15, -0.1) is 0 Å². The monoisotopic (exact) mass is 259 g/mol. The molecule has 0 radical (unpaired) electrons. The van der Waals surface area contributed by atoms with Gasteiger partial charge in [-0.3, -0.25) is 4.98 Å². The SMILES string of the molecule is CCc1cc(-c2ccccc2)cc(-c2ccncc2)c1. The number of pyridine rings is 1. The summed E-state index contributed by atoms with van der Waals surface area (Å²) < 4.78 is 0. The van der Waals surface area contributed by atoms with Crippen molar-refractivity contribution < 1.29 is 0 Å². The third-order valence-electron chi connectivity index (χ3n) is 3.52. The second-order valence-electron chi connectivity index (χ2n) is 4.87. The van der Waals surface area contributed by atoms with Crippen molar-refractivity contribution in [2.75, 3.05) is 0 Å². The number of benzene rings is 2. The van der Waals surface area contributed by atoms with Crippen LogP contribution in [-0.2, 0) is 6.42 Å². The van der Waals surface area contributed by atoms with Crippen molar-refractivity contribution in [2.24, 2.45) is 0 Å². The zero-order valence-electron chi connectivity index (χ0n) is 11.6. The summed E-state index contributed by atoms with van der Waals surface area (Å²) in [6.07, 6.45) is 4.73. The molecule has 98 valence electrons. The maximum atomic E-state index is 4.09. The molecule has 3 aromatic rings. The summed E-state index contributed by atoms with van der Waals surface area (Å²) >= 11 is 0. The maximum Gasteiger partial charge on any atom is 0.0273 e. The largest absolute Gasteiger partial charge is 0.265 e. The highest BCUT2D eigenvalue weighted by Gasteiger charge is 2.04. The first-order valence-corrected chi connectivity index (χ1v) is 6.96. The van der Waals surface area contributed by atoms with E-state index in [0.717, 1.165) is 6.42 Å². The molecule has 0 spiro atoms. The van der Waals surface area contributed by atoms with E-state index < -0.39 is 0 Å². The first-order chi connectivity index (χ1) is 9.86. The average Bonchev–Trinajstić information content (AvgIpc) is 2.56. The van der Waals surface area contributed by atoms with E-state index in [0.29, 0.717) is 0 Å². The zero-order valence-corrected chi connectivity index (χ0v) is 11.6. The lowest BCUT2D eigenvalue weighted by molar-refractivity contribution is 1.14. The second kappa shape index (κ2) is 5.70. The molecule has 1 nitrogen and oxygen atoms in total. The van der Waals surface area contributed by atoms with E-state index >= 15 is 0 Å². The van der Waals surface area contributed by atoms with Crippen molar-refractivity contribution in [3.05, 3.63) is 78.6 Å². The van der Waals surface area contributed by atoms with Crippen LogP contribution in [-0.4, -0.2) is 4.98 Å². The first-order valence-electron chi connectivity index (χ1n) is 6.96. The Labute approximate surface area is 119 Å². The lowest BCUT2D eigenvalue weighted by Crippen LogP contribution is -1.87. The Morgan fingerprint density at radius 2 is 1.30 bits per heavy atom. The van der Waals surface area contributed by atoms with Crippen LogP contribution in [0.5, 0.6) is 0 Å². The summed E-state index contributed by atoms with van der Waals surface area (Å²) in [5.74, 6) is 0. The molecule has 0 N–H and O–H groups in total.